The van der Waals surface area contributed by atoms with Gasteiger partial charge in [-0.3, -0.25) is 0 Å². The maximum absolute atomic E-state index is 5.49. The predicted octanol–water partition coefficient (Wildman–Crippen LogP) is 2.64. The predicted molar refractivity (Wildman–Crippen MR) is 95.7 cm³/mol. The summed E-state index contributed by atoms with van der Waals surface area (Å²) in [4.78, 5) is 1.70. The number of rotatable bonds is 4. The lowest BCUT2D eigenvalue weighted by atomic mass is 9.49. The summed E-state index contributed by atoms with van der Waals surface area (Å²) in [6.07, 6.45) is 6.41. The van der Waals surface area contributed by atoms with Crippen LogP contribution in [-0.2, 0) is 13.0 Å². The molecule has 3 aliphatic carbocycles. The Morgan fingerprint density at radius 2 is 1.83 bits per heavy atom. The summed E-state index contributed by atoms with van der Waals surface area (Å²) >= 11 is 0. The molecule has 1 aromatic rings. The highest BCUT2D eigenvalue weighted by Crippen LogP contribution is 2.58. The third kappa shape index (κ3) is 2.45. The summed E-state index contributed by atoms with van der Waals surface area (Å²) in [7, 11) is 3.44. The largest absolute Gasteiger partial charge is 0.493 e. The molecule has 3 heteroatoms. The molecule has 1 heterocycles. The number of benzene rings is 1. The molecule has 2 bridgehead atoms. The third-order valence-electron chi connectivity index (χ3n) is 6.93. The fraction of sp³-hybridized carbons (Fsp3) is 0.619. The van der Waals surface area contributed by atoms with E-state index in [4.69, 9.17) is 9.47 Å². The van der Waals surface area contributed by atoms with Gasteiger partial charge in [0.2, 0.25) is 0 Å². The third-order valence-corrected chi connectivity index (χ3v) is 6.93. The molecule has 1 aliphatic heterocycles. The average Bonchev–Trinajstić information content (AvgIpc) is 2.60. The molecule has 3 atom stereocenters. The summed E-state index contributed by atoms with van der Waals surface area (Å²) in [5.41, 5.74) is 5.11. The molecule has 130 valence electrons. The Morgan fingerprint density at radius 3 is 2.46 bits per heavy atom. The van der Waals surface area contributed by atoms with Crippen LogP contribution in [0.2, 0.25) is 0 Å². The van der Waals surface area contributed by atoms with Crippen LogP contribution < -0.4 is 14.4 Å². The van der Waals surface area contributed by atoms with Gasteiger partial charge in [0, 0.05) is 12.0 Å². The summed E-state index contributed by atoms with van der Waals surface area (Å²) in [5.74, 6) is 3.48. The number of hydrogen-bond donors (Lipinski definition) is 1. The number of ether oxygens (including phenoxy) is 2. The molecule has 0 amide bonds. The lowest BCUT2D eigenvalue weighted by molar-refractivity contribution is -0.911. The van der Waals surface area contributed by atoms with Crippen LogP contribution in [0.4, 0.5) is 0 Å². The zero-order chi connectivity index (χ0) is 16.9. The van der Waals surface area contributed by atoms with Crippen molar-refractivity contribution in [3.63, 3.8) is 0 Å². The molecule has 4 aliphatic rings. The minimum atomic E-state index is 0.536. The van der Waals surface area contributed by atoms with Crippen LogP contribution in [0.1, 0.15) is 37.8 Å². The van der Waals surface area contributed by atoms with Gasteiger partial charge in [-0.05, 0) is 53.4 Å². The van der Waals surface area contributed by atoms with E-state index in [1.165, 1.54) is 37.1 Å². The molecule has 5 rings (SSSR count). The van der Waals surface area contributed by atoms with Crippen LogP contribution in [0.5, 0.6) is 11.5 Å². The monoisotopic (exact) mass is 328 g/mol. The van der Waals surface area contributed by atoms with Gasteiger partial charge >= 0.3 is 0 Å². The highest BCUT2D eigenvalue weighted by atomic mass is 16.5. The van der Waals surface area contributed by atoms with Crippen LogP contribution in [0.25, 0.3) is 0 Å². The van der Waals surface area contributed by atoms with E-state index in [-0.39, 0.29) is 0 Å². The van der Waals surface area contributed by atoms with Crippen LogP contribution in [0.3, 0.4) is 0 Å². The van der Waals surface area contributed by atoms with E-state index in [9.17, 15) is 0 Å². The van der Waals surface area contributed by atoms with E-state index in [2.05, 4.69) is 32.1 Å². The van der Waals surface area contributed by atoms with E-state index in [1.54, 1.807) is 24.7 Å². The quantitative estimate of drug-likeness (QED) is 0.859. The molecule has 1 aromatic carbocycles. The van der Waals surface area contributed by atoms with E-state index in [1.807, 2.05) is 0 Å². The lowest BCUT2D eigenvalue weighted by Crippen LogP contribution is -3.12. The fourth-order valence-electron chi connectivity index (χ4n) is 5.15. The number of fused-ring (bicyclic) bond motifs is 2. The van der Waals surface area contributed by atoms with Gasteiger partial charge in [0.1, 0.15) is 6.54 Å². The van der Waals surface area contributed by atoms with Crippen molar-refractivity contribution < 1.29 is 14.4 Å². The number of quaternary nitrogens is 1. The zero-order valence-corrected chi connectivity index (χ0v) is 15.4. The van der Waals surface area contributed by atoms with E-state index >= 15 is 0 Å². The van der Waals surface area contributed by atoms with Crippen molar-refractivity contribution in [3.8, 4) is 11.5 Å². The molecular weight excluding hydrogens is 298 g/mol. The molecule has 1 unspecified atom stereocenters. The molecule has 1 saturated carbocycles. The second kappa shape index (κ2) is 5.80. The zero-order valence-electron chi connectivity index (χ0n) is 15.4. The highest BCUT2D eigenvalue weighted by molar-refractivity contribution is 5.47. The lowest BCUT2D eigenvalue weighted by Gasteiger charge is -2.56. The first-order valence-electron chi connectivity index (χ1n) is 9.29. The first-order valence-corrected chi connectivity index (χ1v) is 9.29. The molecule has 24 heavy (non-hydrogen) atoms. The molecule has 0 radical (unpaired) electrons. The van der Waals surface area contributed by atoms with Gasteiger partial charge in [0.25, 0.3) is 0 Å². The topological polar surface area (TPSA) is 22.9 Å². The Morgan fingerprint density at radius 1 is 1.12 bits per heavy atom. The number of nitrogens with one attached hydrogen (secondary N) is 1. The Balaban J connectivity index is 1.50. The molecule has 3 nitrogen and oxygen atoms in total. The van der Waals surface area contributed by atoms with Crippen LogP contribution in [0, 0.1) is 17.3 Å². The fourth-order valence-corrected chi connectivity index (χ4v) is 5.15. The van der Waals surface area contributed by atoms with Crippen molar-refractivity contribution in [3.05, 3.63) is 34.9 Å². The normalized spacial score (nSPS) is 30.0. The van der Waals surface area contributed by atoms with Gasteiger partial charge in [-0.1, -0.05) is 19.9 Å². The smallest absolute Gasteiger partial charge is 0.161 e. The van der Waals surface area contributed by atoms with Crippen molar-refractivity contribution in [2.45, 2.75) is 39.7 Å². The van der Waals surface area contributed by atoms with Gasteiger partial charge in [-0.15, -0.1) is 0 Å². The summed E-state index contributed by atoms with van der Waals surface area (Å²) in [6, 6.07) is 4.36. The van der Waals surface area contributed by atoms with Crippen LogP contribution in [0.15, 0.2) is 23.8 Å². The number of hydrogen-bond acceptors (Lipinski definition) is 2. The van der Waals surface area contributed by atoms with Crippen molar-refractivity contribution in [1.82, 2.24) is 0 Å². The van der Waals surface area contributed by atoms with Gasteiger partial charge < -0.3 is 14.4 Å². The highest BCUT2D eigenvalue weighted by Gasteiger charge is 2.51. The second-order valence-corrected chi connectivity index (χ2v) is 8.40. The molecule has 1 N–H and O–H groups in total. The van der Waals surface area contributed by atoms with Gasteiger partial charge in [-0.2, -0.15) is 0 Å². The molecule has 1 fully saturated rings. The van der Waals surface area contributed by atoms with Gasteiger partial charge in [-0.25, -0.2) is 0 Å². The number of methoxy groups -OCH3 is 2. The van der Waals surface area contributed by atoms with Crippen LogP contribution in [-0.4, -0.2) is 27.3 Å². The average molecular weight is 328 g/mol. The Hall–Kier alpha value is -1.48. The van der Waals surface area contributed by atoms with Crippen molar-refractivity contribution >= 4 is 0 Å². The van der Waals surface area contributed by atoms with Crippen LogP contribution >= 0.6 is 0 Å². The van der Waals surface area contributed by atoms with E-state index in [0.29, 0.717) is 5.41 Å². The molecule has 0 spiro atoms. The second-order valence-electron chi connectivity index (χ2n) is 8.40. The van der Waals surface area contributed by atoms with E-state index < -0.39 is 0 Å². The maximum atomic E-state index is 5.49. The number of allylic oxidation sites excluding steroid dienone is 1. The first kappa shape index (κ1) is 16.0. The summed E-state index contributed by atoms with van der Waals surface area (Å²) in [5, 5.41) is 0. The Bertz CT molecular complexity index is 677. The first-order chi connectivity index (χ1) is 11.5. The van der Waals surface area contributed by atoms with Gasteiger partial charge in [0.15, 0.2) is 11.5 Å². The van der Waals surface area contributed by atoms with Crippen molar-refractivity contribution in [2.75, 3.05) is 27.3 Å². The van der Waals surface area contributed by atoms with Crippen molar-refractivity contribution in [2.24, 2.45) is 17.3 Å². The molecule has 0 aromatic heterocycles. The molecular formula is C21H30NO2+. The maximum Gasteiger partial charge on any atom is 0.161 e. The van der Waals surface area contributed by atoms with Crippen molar-refractivity contribution in [1.29, 1.82) is 0 Å². The van der Waals surface area contributed by atoms with Gasteiger partial charge in [0.05, 0.1) is 27.3 Å². The standard InChI is InChI=1S/C21H29NO2/c1-21(2)17-6-5-15(18(21)11-17)12-22-8-7-14-9-19(23-3)20(24-4)10-16(14)13-22/h5,9-10,17-18H,6-8,11-13H2,1-4H3/p+1/t17-,18-/m0/s1. The Labute approximate surface area is 145 Å². The van der Waals surface area contributed by atoms with E-state index in [0.717, 1.165) is 36.3 Å². The minimum absolute atomic E-state index is 0.536. The summed E-state index contributed by atoms with van der Waals surface area (Å²) in [6.45, 7) is 8.47. The minimum Gasteiger partial charge on any atom is -0.493 e. The Kier molecular flexibility index (Phi) is 3.87. The SMILES string of the molecule is COc1cc2c(cc1OC)C[NH+](CC1=CC[C@H]3C[C@@H]1C3(C)C)CC2. The summed E-state index contributed by atoms with van der Waals surface area (Å²) < 4.78 is 10.9. The molecule has 0 saturated heterocycles.